The van der Waals surface area contributed by atoms with Gasteiger partial charge in [-0.15, -0.1) is 11.3 Å². The molecule has 1 aliphatic rings. The summed E-state index contributed by atoms with van der Waals surface area (Å²) in [6.07, 6.45) is 0. The minimum absolute atomic E-state index is 0.00583. The second-order valence-corrected chi connectivity index (χ2v) is 4.64. The van der Waals surface area contributed by atoms with Crippen LogP contribution in [0.15, 0.2) is 5.38 Å². The fraction of sp³-hybridized carbons (Fsp3) is 0.375. The highest BCUT2D eigenvalue weighted by atomic mass is 32.1. The van der Waals surface area contributed by atoms with Gasteiger partial charge in [0.2, 0.25) is 11.8 Å². The van der Waals surface area contributed by atoms with Crippen molar-refractivity contribution in [3.63, 3.8) is 0 Å². The molecule has 7 heteroatoms. The van der Waals surface area contributed by atoms with Gasteiger partial charge in [-0.2, -0.15) is 5.26 Å². The van der Waals surface area contributed by atoms with Crippen molar-refractivity contribution in [3.8, 4) is 11.9 Å². The van der Waals surface area contributed by atoms with Crippen molar-refractivity contribution in [2.45, 2.75) is 12.6 Å². The minimum Gasteiger partial charge on any atom is -0.494 e. The number of rotatable bonds is 2. The molecule has 0 aromatic carbocycles. The van der Waals surface area contributed by atoms with Gasteiger partial charge < -0.3 is 10.0 Å². The topological polar surface area (TPSA) is 69.0 Å². The quantitative estimate of drug-likeness (QED) is 0.612. The Balaban J connectivity index is 2.08. The number of aromatic hydroxyl groups is 1. The van der Waals surface area contributed by atoms with Crippen LogP contribution in [0.1, 0.15) is 0 Å². The highest BCUT2D eigenvalue weighted by Gasteiger charge is 2.38. The van der Waals surface area contributed by atoms with Gasteiger partial charge in [0.25, 0.3) is 0 Å². The van der Waals surface area contributed by atoms with Gasteiger partial charge in [-0.1, -0.05) is 0 Å². The molecule has 1 fully saturated rings. The van der Waals surface area contributed by atoms with Crippen LogP contribution in [0, 0.1) is 15.3 Å². The molecule has 1 atom stereocenters. The Morgan fingerprint density at radius 2 is 2.60 bits per heavy atom. The molecule has 2 rings (SSSR count). The van der Waals surface area contributed by atoms with E-state index < -0.39 is 0 Å². The van der Waals surface area contributed by atoms with Crippen molar-refractivity contribution in [2.24, 2.45) is 0 Å². The third kappa shape index (κ3) is 1.86. The molecule has 1 aliphatic heterocycles. The van der Waals surface area contributed by atoms with Crippen molar-refractivity contribution in [2.75, 3.05) is 6.54 Å². The van der Waals surface area contributed by atoms with Crippen molar-refractivity contribution in [3.05, 3.63) is 9.33 Å². The molecular formula is C8H7N3O2S2. The lowest BCUT2D eigenvalue weighted by molar-refractivity contribution is -0.126. The second-order valence-electron chi connectivity index (χ2n) is 3.14. The monoisotopic (exact) mass is 241 g/mol. The fourth-order valence-corrected chi connectivity index (χ4v) is 2.14. The Morgan fingerprint density at radius 1 is 1.87 bits per heavy atom. The largest absolute Gasteiger partial charge is 0.494 e. The predicted molar refractivity (Wildman–Crippen MR) is 55.9 cm³/mol. The number of nitriles is 1. The molecule has 1 amide bonds. The molecule has 1 saturated heterocycles. The number of hydrogen-bond donors (Lipinski definition) is 1. The molecule has 1 aromatic rings. The van der Waals surface area contributed by atoms with Crippen molar-refractivity contribution >= 4 is 29.5 Å². The standard InChI is InChI=1S/C8H7N3O2S2/c9-1-5-2-10(5)6(12)3-11-7(13)4-15-8(11)14/h4-5,13H,2-3H2. The van der Waals surface area contributed by atoms with Gasteiger partial charge in [-0.25, -0.2) is 0 Å². The summed E-state index contributed by atoms with van der Waals surface area (Å²) in [4.78, 5) is 13.0. The first-order chi connectivity index (χ1) is 7.13. The van der Waals surface area contributed by atoms with Crippen molar-refractivity contribution < 1.29 is 9.90 Å². The van der Waals surface area contributed by atoms with Gasteiger partial charge in [0.05, 0.1) is 18.0 Å². The molecule has 15 heavy (non-hydrogen) atoms. The second kappa shape index (κ2) is 3.64. The summed E-state index contributed by atoms with van der Waals surface area (Å²) in [6, 6.07) is 1.69. The summed E-state index contributed by atoms with van der Waals surface area (Å²) >= 11 is 6.15. The van der Waals surface area contributed by atoms with E-state index >= 15 is 0 Å². The zero-order chi connectivity index (χ0) is 11.0. The molecule has 0 spiro atoms. The molecule has 0 bridgehead atoms. The van der Waals surface area contributed by atoms with E-state index in [0.29, 0.717) is 10.5 Å². The first kappa shape index (κ1) is 10.1. The minimum atomic E-state index is -0.299. The lowest BCUT2D eigenvalue weighted by atomic mass is 10.5. The van der Waals surface area contributed by atoms with Crippen molar-refractivity contribution in [1.82, 2.24) is 9.47 Å². The number of carbonyl (C=O) groups excluding carboxylic acids is 1. The SMILES string of the molecule is N#CC1CN1C(=O)Cn1c(O)csc1=S. The van der Waals surface area contributed by atoms with Crippen LogP contribution < -0.4 is 0 Å². The van der Waals surface area contributed by atoms with Gasteiger partial charge >= 0.3 is 0 Å². The summed E-state index contributed by atoms with van der Waals surface area (Å²) in [5, 5.41) is 19.4. The summed E-state index contributed by atoms with van der Waals surface area (Å²) < 4.78 is 1.81. The Morgan fingerprint density at radius 3 is 3.07 bits per heavy atom. The van der Waals surface area contributed by atoms with Gasteiger partial charge in [-0.05, 0) is 12.2 Å². The van der Waals surface area contributed by atoms with Gasteiger partial charge in [0.1, 0.15) is 12.6 Å². The van der Waals surface area contributed by atoms with Crippen LogP contribution >= 0.6 is 23.6 Å². The molecule has 2 heterocycles. The number of hydrogen-bond acceptors (Lipinski definition) is 5. The van der Waals surface area contributed by atoms with E-state index in [-0.39, 0.29) is 24.4 Å². The first-order valence-electron chi connectivity index (χ1n) is 4.20. The Bertz CT molecular complexity index is 499. The summed E-state index contributed by atoms with van der Waals surface area (Å²) in [6.45, 7) is 0.486. The summed E-state index contributed by atoms with van der Waals surface area (Å²) in [5.41, 5.74) is 0. The molecule has 1 N–H and O–H groups in total. The molecular weight excluding hydrogens is 234 g/mol. The molecule has 5 nitrogen and oxygen atoms in total. The normalized spacial score (nSPS) is 18.6. The number of carbonyl (C=O) groups is 1. The number of amides is 1. The van der Waals surface area contributed by atoms with Crippen LogP contribution in [0.2, 0.25) is 0 Å². The van der Waals surface area contributed by atoms with E-state index in [1.54, 1.807) is 0 Å². The zero-order valence-corrected chi connectivity index (χ0v) is 9.22. The fourth-order valence-electron chi connectivity index (χ4n) is 1.22. The van der Waals surface area contributed by atoms with Crippen molar-refractivity contribution in [1.29, 1.82) is 5.26 Å². The average molecular weight is 241 g/mol. The van der Waals surface area contributed by atoms with E-state index in [4.69, 9.17) is 17.5 Å². The molecule has 0 saturated carbocycles. The lowest BCUT2D eigenvalue weighted by Gasteiger charge is -2.04. The predicted octanol–water partition coefficient (Wildman–Crippen LogP) is 0.719. The van der Waals surface area contributed by atoms with Crippen LogP contribution in [0.3, 0.4) is 0 Å². The van der Waals surface area contributed by atoms with Crippen LogP contribution in [0.5, 0.6) is 5.88 Å². The van der Waals surface area contributed by atoms with Gasteiger partial charge in [0, 0.05) is 0 Å². The molecule has 0 radical (unpaired) electrons. The molecule has 78 valence electrons. The zero-order valence-electron chi connectivity index (χ0n) is 7.58. The van der Waals surface area contributed by atoms with E-state index in [1.165, 1.54) is 26.2 Å². The highest BCUT2D eigenvalue weighted by molar-refractivity contribution is 7.73. The van der Waals surface area contributed by atoms with Gasteiger partial charge in [0.15, 0.2) is 3.95 Å². The molecule has 0 aliphatic carbocycles. The number of nitrogens with zero attached hydrogens (tertiary/aromatic N) is 3. The van der Waals surface area contributed by atoms with Crippen LogP contribution in [-0.4, -0.2) is 33.1 Å². The maximum Gasteiger partial charge on any atom is 0.243 e. The van der Waals surface area contributed by atoms with E-state index in [2.05, 4.69) is 0 Å². The number of aromatic nitrogens is 1. The van der Waals surface area contributed by atoms with E-state index in [1.807, 2.05) is 6.07 Å². The summed E-state index contributed by atoms with van der Waals surface area (Å²) in [5.74, 6) is -0.194. The average Bonchev–Trinajstić information content (AvgIpc) is 2.95. The van der Waals surface area contributed by atoms with Crippen LogP contribution in [0.4, 0.5) is 0 Å². The lowest BCUT2D eigenvalue weighted by Crippen LogP contribution is -2.19. The smallest absolute Gasteiger partial charge is 0.243 e. The summed E-state index contributed by atoms with van der Waals surface area (Å²) in [7, 11) is 0. The maximum atomic E-state index is 11.5. The Hall–Kier alpha value is -1.39. The maximum absolute atomic E-state index is 11.5. The van der Waals surface area contributed by atoms with E-state index in [9.17, 15) is 9.90 Å². The first-order valence-corrected chi connectivity index (χ1v) is 5.48. The Labute approximate surface area is 94.8 Å². The third-order valence-electron chi connectivity index (χ3n) is 2.14. The Kier molecular flexibility index (Phi) is 2.46. The van der Waals surface area contributed by atoms with Crippen LogP contribution in [-0.2, 0) is 11.3 Å². The van der Waals surface area contributed by atoms with Crippen LogP contribution in [0.25, 0.3) is 0 Å². The highest BCUT2D eigenvalue weighted by Crippen LogP contribution is 2.21. The molecule has 1 aromatic heterocycles. The van der Waals surface area contributed by atoms with Gasteiger partial charge in [-0.3, -0.25) is 9.36 Å². The third-order valence-corrected chi connectivity index (χ3v) is 3.40. The van der Waals surface area contributed by atoms with E-state index in [0.717, 1.165) is 0 Å². The molecule has 1 unspecified atom stereocenters. The number of thiazole rings is 1.